The van der Waals surface area contributed by atoms with Gasteiger partial charge in [-0.25, -0.2) is 4.39 Å². The molecule has 0 fully saturated rings. The fourth-order valence-electron chi connectivity index (χ4n) is 1.02. The van der Waals surface area contributed by atoms with Gasteiger partial charge >= 0.3 is 6.98 Å². The highest BCUT2D eigenvalue weighted by molar-refractivity contribution is 6.73. The molecule has 1 aromatic carbocycles. The lowest BCUT2D eigenvalue weighted by atomic mass is 9.80. The lowest BCUT2D eigenvalue weighted by Gasteiger charge is -2.16. The zero-order valence-corrected chi connectivity index (χ0v) is 7.72. The molecule has 0 unspecified atom stereocenters. The van der Waals surface area contributed by atoms with Gasteiger partial charge in [-0.05, 0) is 6.07 Å². The first-order valence-corrected chi connectivity index (χ1v) is 4.18. The Labute approximate surface area is 84.4 Å². The molecule has 6 heteroatoms. The normalized spacial score (nSPS) is 11.2. The van der Waals surface area contributed by atoms with Gasteiger partial charge in [-0.2, -0.15) is 0 Å². The third-order valence-electron chi connectivity index (χ3n) is 1.69. The Morgan fingerprint density at radius 2 is 2.00 bits per heavy atom. The first kappa shape index (κ1) is 11.6. The summed E-state index contributed by atoms with van der Waals surface area (Å²) in [6.45, 7) is -1.83. The van der Waals surface area contributed by atoms with Crippen LogP contribution in [0.2, 0.25) is 0 Å². The molecule has 1 rings (SSSR count). The summed E-state index contributed by atoms with van der Waals surface area (Å²) in [6.07, 6.45) is 1.42. The third kappa shape index (κ3) is 3.01. The van der Waals surface area contributed by atoms with Crippen molar-refractivity contribution < 1.29 is 22.1 Å². The molecule has 0 amide bonds. The molecule has 1 aromatic rings. The van der Waals surface area contributed by atoms with E-state index in [1.165, 1.54) is 6.08 Å². The highest BCUT2D eigenvalue weighted by Gasteiger charge is 2.28. The third-order valence-corrected chi connectivity index (χ3v) is 1.69. The van der Waals surface area contributed by atoms with Crippen LogP contribution in [0, 0.1) is 5.82 Å². The summed E-state index contributed by atoms with van der Waals surface area (Å²) in [7, 11) is 0. The predicted octanol–water partition coefficient (Wildman–Crippen LogP) is 2.44. The topological polar surface area (TPSA) is 9.23 Å². The van der Waals surface area contributed by atoms with Crippen molar-refractivity contribution in [2.24, 2.45) is 0 Å². The van der Waals surface area contributed by atoms with Crippen molar-refractivity contribution in [1.29, 1.82) is 0 Å². The van der Waals surface area contributed by atoms with Gasteiger partial charge in [0.25, 0.3) is 0 Å². The maximum absolute atomic E-state index is 13.0. The molecule has 82 valence electrons. The Kier molecular flexibility index (Phi) is 3.39. The van der Waals surface area contributed by atoms with E-state index >= 15 is 0 Å². The van der Waals surface area contributed by atoms with Crippen LogP contribution in [0.25, 0.3) is 0 Å². The van der Waals surface area contributed by atoms with Crippen LogP contribution < -0.4 is 10.2 Å². The largest absolute Gasteiger partial charge is 0.512 e. The minimum atomic E-state index is -5.31. The minimum absolute atomic E-state index is 0.0520. The van der Waals surface area contributed by atoms with Crippen LogP contribution in [0.15, 0.2) is 30.9 Å². The molecule has 0 aliphatic carbocycles. The first-order chi connectivity index (χ1) is 6.95. The van der Waals surface area contributed by atoms with Gasteiger partial charge in [-0.1, -0.05) is 24.2 Å². The zero-order valence-electron chi connectivity index (χ0n) is 7.72. The highest BCUT2D eigenvalue weighted by Crippen LogP contribution is 2.16. The SMILES string of the molecule is C=CCOc1ccc([B-](F)(F)F)c(F)c1. The lowest BCUT2D eigenvalue weighted by molar-refractivity contribution is 0.361. The van der Waals surface area contributed by atoms with Crippen LogP contribution in [0.4, 0.5) is 17.3 Å². The van der Waals surface area contributed by atoms with Gasteiger partial charge in [0.2, 0.25) is 0 Å². The molecule has 0 bridgehead atoms. The van der Waals surface area contributed by atoms with Crippen LogP contribution in [0.1, 0.15) is 0 Å². The number of hydrogen-bond donors (Lipinski definition) is 0. The number of rotatable bonds is 4. The zero-order chi connectivity index (χ0) is 11.5. The average molecular weight is 219 g/mol. The summed E-state index contributed by atoms with van der Waals surface area (Å²) in [4.78, 5) is 0. The van der Waals surface area contributed by atoms with E-state index in [1.807, 2.05) is 0 Å². The van der Waals surface area contributed by atoms with Crippen molar-refractivity contribution in [2.45, 2.75) is 0 Å². The monoisotopic (exact) mass is 219 g/mol. The first-order valence-electron chi connectivity index (χ1n) is 4.18. The van der Waals surface area contributed by atoms with Crippen molar-refractivity contribution in [1.82, 2.24) is 0 Å². The van der Waals surface area contributed by atoms with Crippen LogP contribution in [-0.4, -0.2) is 13.6 Å². The van der Waals surface area contributed by atoms with Crippen molar-refractivity contribution in [3.05, 3.63) is 36.7 Å². The molecule has 0 atom stereocenters. The Morgan fingerprint density at radius 3 is 2.47 bits per heavy atom. The number of halogens is 4. The fourth-order valence-corrected chi connectivity index (χ4v) is 1.02. The molecule has 0 aliphatic rings. The average Bonchev–Trinajstić information content (AvgIpc) is 2.12. The number of ether oxygens (including phenoxy) is 1. The second-order valence-corrected chi connectivity index (χ2v) is 2.86. The van der Waals surface area contributed by atoms with E-state index in [2.05, 4.69) is 6.58 Å². The van der Waals surface area contributed by atoms with Gasteiger partial charge in [0.15, 0.2) is 0 Å². The molecule has 0 saturated heterocycles. The maximum Gasteiger partial charge on any atom is 0.512 e. The van der Waals surface area contributed by atoms with E-state index in [4.69, 9.17) is 4.74 Å². The van der Waals surface area contributed by atoms with Crippen molar-refractivity contribution in [3.63, 3.8) is 0 Å². The predicted molar refractivity (Wildman–Crippen MR) is 50.8 cm³/mol. The summed E-state index contributed by atoms with van der Waals surface area (Å²) < 4.78 is 54.4. The van der Waals surface area contributed by atoms with Crippen LogP contribution in [0.5, 0.6) is 5.75 Å². The van der Waals surface area contributed by atoms with Crippen molar-refractivity contribution >= 4 is 12.4 Å². The summed E-state index contributed by atoms with van der Waals surface area (Å²) in [6, 6.07) is 2.47. The molecule has 0 saturated carbocycles. The lowest BCUT2D eigenvalue weighted by Crippen LogP contribution is -2.36. The van der Waals surface area contributed by atoms with Gasteiger partial charge in [0.1, 0.15) is 12.4 Å². The number of hydrogen-bond acceptors (Lipinski definition) is 1. The Bertz CT molecular complexity index is 362. The molecular weight excluding hydrogens is 211 g/mol. The van der Waals surface area contributed by atoms with E-state index in [1.54, 1.807) is 0 Å². The van der Waals surface area contributed by atoms with Crippen LogP contribution in [-0.2, 0) is 0 Å². The van der Waals surface area contributed by atoms with E-state index in [0.29, 0.717) is 12.1 Å². The quantitative estimate of drug-likeness (QED) is 0.429. The molecule has 0 aromatic heterocycles. The van der Waals surface area contributed by atoms with E-state index in [0.717, 1.165) is 6.07 Å². The highest BCUT2D eigenvalue weighted by atomic mass is 19.4. The molecule has 0 heterocycles. The summed E-state index contributed by atoms with van der Waals surface area (Å²) in [5.74, 6) is -1.26. The van der Waals surface area contributed by atoms with Crippen LogP contribution in [0.3, 0.4) is 0 Å². The van der Waals surface area contributed by atoms with Crippen molar-refractivity contribution in [2.75, 3.05) is 6.61 Å². The van der Waals surface area contributed by atoms with Gasteiger partial charge in [0.05, 0.1) is 5.82 Å². The maximum atomic E-state index is 13.0. The summed E-state index contributed by atoms with van der Waals surface area (Å²) >= 11 is 0. The second-order valence-electron chi connectivity index (χ2n) is 2.86. The van der Waals surface area contributed by atoms with E-state index < -0.39 is 18.3 Å². The molecule has 0 spiro atoms. The Hall–Kier alpha value is -1.46. The van der Waals surface area contributed by atoms with Crippen molar-refractivity contribution in [3.8, 4) is 5.75 Å². The molecular formula is C9H8BF4O-. The fraction of sp³-hybridized carbons (Fsp3) is 0.111. The van der Waals surface area contributed by atoms with E-state index in [-0.39, 0.29) is 12.4 Å². The molecule has 0 N–H and O–H groups in total. The standard InChI is InChI=1S/C9H8BF4O/c1-2-5-15-7-3-4-8(9(11)6-7)10(12,13)14/h2-4,6H,1,5H2/q-1. The number of benzene rings is 1. The van der Waals surface area contributed by atoms with Gasteiger partial charge in [-0.15, -0.1) is 0 Å². The smallest absolute Gasteiger partial charge is 0.489 e. The molecule has 0 radical (unpaired) electrons. The Balaban J connectivity index is 2.93. The minimum Gasteiger partial charge on any atom is -0.489 e. The summed E-state index contributed by atoms with van der Waals surface area (Å²) in [5, 5.41) is 0. The molecule has 0 aliphatic heterocycles. The van der Waals surface area contributed by atoms with Gasteiger partial charge in [-0.3, -0.25) is 0 Å². The van der Waals surface area contributed by atoms with Gasteiger partial charge < -0.3 is 17.7 Å². The van der Waals surface area contributed by atoms with Gasteiger partial charge in [0, 0.05) is 6.07 Å². The molecule has 15 heavy (non-hydrogen) atoms. The van der Waals surface area contributed by atoms with E-state index in [9.17, 15) is 17.3 Å². The van der Waals surface area contributed by atoms with Crippen LogP contribution >= 0.6 is 0 Å². The Morgan fingerprint density at radius 1 is 1.33 bits per heavy atom. The summed E-state index contributed by atoms with van der Waals surface area (Å²) in [5.41, 5.74) is -1.24. The molecule has 1 nitrogen and oxygen atoms in total. The second kappa shape index (κ2) is 4.38.